The molecular formula is C25H18O5S. The van der Waals surface area contributed by atoms with Crippen LogP contribution >= 0.6 is 11.3 Å². The van der Waals surface area contributed by atoms with E-state index >= 15 is 0 Å². The normalized spacial score (nSPS) is 11.1. The van der Waals surface area contributed by atoms with Crippen LogP contribution in [0.2, 0.25) is 0 Å². The number of carboxylic acids is 1. The Bertz CT molecular complexity index is 1320. The van der Waals surface area contributed by atoms with Gasteiger partial charge in [0.25, 0.3) is 0 Å². The molecule has 3 aromatic carbocycles. The van der Waals surface area contributed by atoms with E-state index in [1.807, 2.05) is 25.1 Å². The van der Waals surface area contributed by atoms with Crippen LogP contribution in [-0.4, -0.2) is 22.0 Å². The molecule has 0 aliphatic rings. The van der Waals surface area contributed by atoms with Crippen molar-refractivity contribution < 1.29 is 24.5 Å². The molecule has 0 saturated carbocycles. The number of aryl methyl sites for hydroxylation is 1. The lowest BCUT2D eigenvalue weighted by Crippen LogP contribution is -2.01. The van der Waals surface area contributed by atoms with Gasteiger partial charge < -0.3 is 14.9 Å². The van der Waals surface area contributed by atoms with Crippen molar-refractivity contribution in [2.45, 2.75) is 6.92 Å². The molecule has 0 amide bonds. The number of rotatable bonds is 6. The van der Waals surface area contributed by atoms with Gasteiger partial charge in [0, 0.05) is 21.7 Å². The second-order valence-electron chi connectivity index (χ2n) is 6.98. The largest absolute Gasteiger partial charge is 0.508 e. The molecule has 0 fully saturated rings. The number of carbonyl (C=O) groups excluding carboxylic acids is 1. The van der Waals surface area contributed by atoms with E-state index in [1.165, 1.54) is 17.4 Å². The van der Waals surface area contributed by atoms with Crippen LogP contribution in [0.25, 0.3) is 16.2 Å². The van der Waals surface area contributed by atoms with Crippen LogP contribution in [0.5, 0.6) is 17.2 Å². The minimum atomic E-state index is -1.02. The number of ketones is 1. The lowest BCUT2D eigenvalue weighted by molar-refractivity contribution is -0.131. The number of benzene rings is 3. The van der Waals surface area contributed by atoms with Gasteiger partial charge >= 0.3 is 5.97 Å². The van der Waals surface area contributed by atoms with Crippen LogP contribution in [0.3, 0.4) is 0 Å². The van der Waals surface area contributed by atoms with Crippen LogP contribution < -0.4 is 4.74 Å². The van der Waals surface area contributed by atoms with Gasteiger partial charge in [0.1, 0.15) is 16.4 Å². The summed E-state index contributed by atoms with van der Waals surface area (Å²) < 4.78 is 6.87. The summed E-state index contributed by atoms with van der Waals surface area (Å²) in [6.07, 6.45) is 2.55. The molecule has 154 valence electrons. The van der Waals surface area contributed by atoms with Gasteiger partial charge in [-0.2, -0.15) is 0 Å². The number of hydrogen-bond acceptors (Lipinski definition) is 5. The lowest BCUT2D eigenvalue weighted by atomic mass is 10.1. The number of phenols is 1. The van der Waals surface area contributed by atoms with Gasteiger partial charge in [-0.05, 0) is 55.0 Å². The molecule has 4 rings (SSSR count). The van der Waals surface area contributed by atoms with Crippen LogP contribution in [0.15, 0.2) is 72.8 Å². The molecule has 0 aliphatic carbocycles. The highest BCUT2D eigenvalue weighted by Crippen LogP contribution is 2.42. The molecule has 0 bridgehead atoms. The number of thiophene rings is 1. The van der Waals surface area contributed by atoms with Gasteiger partial charge in [-0.25, -0.2) is 4.79 Å². The highest BCUT2D eigenvalue weighted by atomic mass is 32.1. The third-order valence-electron chi connectivity index (χ3n) is 4.63. The molecule has 4 aromatic rings. The van der Waals surface area contributed by atoms with Crippen molar-refractivity contribution in [1.29, 1.82) is 0 Å². The first-order chi connectivity index (χ1) is 14.9. The molecule has 0 saturated heterocycles. The quantitative estimate of drug-likeness (QED) is 0.288. The first-order valence-electron chi connectivity index (χ1n) is 9.46. The first-order valence-corrected chi connectivity index (χ1v) is 10.3. The lowest BCUT2D eigenvalue weighted by Gasteiger charge is -2.08. The summed E-state index contributed by atoms with van der Waals surface area (Å²) in [6.45, 7) is 1.93. The van der Waals surface area contributed by atoms with Crippen LogP contribution in [0.1, 0.15) is 26.4 Å². The summed E-state index contributed by atoms with van der Waals surface area (Å²) in [5.41, 5.74) is 2.26. The second-order valence-corrected chi connectivity index (χ2v) is 8.03. The summed E-state index contributed by atoms with van der Waals surface area (Å²) in [5.74, 6) is -0.115. The van der Waals surface area contributed by atoms with Crippen molar-refractivity contribution in [1.82, 2.24) is 0 Å². The van der Waals surface area contributed by atoms with E-state index in [9.17, 15) is 14.7 Å². The summed E-state index contributed by atoms with van der Waals surface area (Å²) in [6, 6.07) is 19.2. The highest BCUT2D eigenvalue weighted by Gasteiger charge is 2.22. The molecule has 2 N–H and O–H groups in total. The zero-order valence-corrected chi connectivity index (χ0v) is 17.3. The third kappa shape index (κ3) is 4.49. The number of carboxylic acid groups (broad SMARTS) is 1. The number of ether oxygens (including phenoxy) is 1. The van der Waals surface area contributed by atoms with Gasteiger partial charge in [0.2, 0.25) is 5.78 Å². The molecule has 0 radical (unpaired) electrons. The Kier molecular flexibility index (Phi) is 5.56. The van der Waals surface area contributed by atoms with E-state index in [0.717, 1.165) is 21.7 Å². The summed E-state index contributed by atoms with van der Waals surface area (Å²) in [4.78, 5) is 24.4. The van der Waals surface area contributed by atoms with Gasteiger partial charge in [-0.15, -0.1) is 11.3 Å². The van der Waals surface area contributed by atoms with E-state index < -0.39 is 5.97 Å². The van der Waals surface area contributed by atoms with E-state index in [0.29, 0.717) is 27.5 Å². The van der Waals surface area contributed by atoms with Gasteiger partial charge in [-0.1, -0.05) is 35.9 Å². The van der Waals surface area contributed by atoms with Crippen molar-refractivity contribution in [3.05, 3.63) is 94.4 Å². The standard InChI is InChI=1S/C25H18O5S/c1-15-3-2-4-17(13-15)23(29)25-24(20-11-8-18(26)14-21(20)31-25)30-19-9-5-16(6-10-19)7-12-22(27)28/h2-14,26H,1H3,(H,27,28)/b12-7+. The Morgan fingerprint density at radius 1 is 1.00 bits per heavy atom. The molecule has 0 aliphatic heterocycles. The van der Waals surface area contributed by atoms with E-state index in [-0.39, 0.29) is 11.5 Å². The Morgan fingerprint density at radius 2 is 1.77 bits per heavy atom. The van der Waals surface area contributed by atoms with Crippen LogP contribution in [-0.2, 0) is 4.79 Å². The van der Waals surface area contributed by atoms with Crippen LogP contribution in [0.4, 0.5) is 0 Å². The number of aliphatic carboxylic acids is 1. The zero-order chi connectivity index (χ0) is 22.0. The first kappa shape index (κ1) is 20.4. The van der Waals surface area contributed by atoms with Crippen molar-refractivity contribution in [2.24, 2.45) is 0 Å². The average molecular weight is 430 g/mol. The van der Waals surface area contributed by atoms with Gasteiger partial charge in [0.15, 0.2) is 5.75 Å². The fraction of sp³-hybridized carbons (Fsp3) is 0.0400. The second kappa shape index (κ2) is 8.45. The Morgan fingerprint density at radius 3 is 2.48 bits per heavy atom. The molecule has 1 aromatic heterocycles. The number of phenolic OH excluding ortho intramolecular Hbond substituents is 1. The summed E-state index contributed by atoms with van der Waals surface area (Å²) in [7, 11) is 0. The van der Waals surface area contributed by atoms with Crippen LogP contribution in [0, 0.1) is 6.92 Å². The monoisotopic (exact) mass is 430 g/mol. The zero-order valence-electron chi connectivity index (χ0n) is 16.5. The maximum atomic E-state index is 13.3. The van der Waals surface area contributed by atoms with E-state index in [2.05, 4.69) is 0 Å². The molecule has 31 heavy (non-hydrogen) atoms. The topological polar surface area (TPSA) is 83.8 Å². The smallest absolute Gasteiger partial charge is 0.328 e. The molecule has 6 heteroatoms. The van der Waals surface area contributed by atoms with E-state index in [1.54, 1.807) is 48.5 Å². The SMILES string of the molecule is Cc1cccc(C(=O)c2sc3cc(O)ccc3c2Oc2ccc(/C=C/C(=O)O)cc2)c1. The Balaban J connectivity index is 1.75. The minimum Gasteiger partial charge on any atom is -0.508 e. The molecular weight excluding hydrogens is 412 g/mol. The fourth-order valence-electron chi connectivity index (χ4n) is 3.16. The predicted octanol–water partition coefficient (Wildman–Crippen LogP) is 6.04. The fourth-order valence-corrected chi connectivity index (χ4v) is 4.29. The van der Waals surface area contributed by atoms with E-state index in [4.69, 9.17) is 9.84 Å². The maximum absolute atomic E-state index is 13.3. The van der Waals surface area contributed by atoms with Crippen molar-refractivity contribution >= 4 is 39.3 Å². The number of carbonyl (C=O) groups is 2. The average Bonchev–Trinajstić information content (AvgIpc) is 3.10. The number of aromatic hydroxyl groups is 1. The maximum Gasteiger partial charge on any atom is 0.328 e. The summed E-state index contributed by atoms with van der Waals surface area (Å²) >= 11 is 1.27. The molecule has 0 atom stereocenters. The Hall–Kier alpha value is -3.90. The minimum absolute atomic E-state index is 0.115. The predicted molar refractivity (Wildman–Crippen MR) is 121 cm³/mol. The Labute approximate surface area is 182 Å². The van der Waals surface area contributed by atoms with Gasteiger partial charge in [0.05, 0.1) is 0 Å². The molecule has 5 nitrogen and oxygen atoms in total. The number of fused-ring (bicyclic) bond motifs is 1. The molecule has 1 heterocycles. The highest BCUT2D eigenvalue weighted by molar-refractivity contribution is 7.21. The number of hydrogen-bond donors (Lipinski definition) is 2. The summed E-state index contributed by atoms with van der Waals surface area (Å²) in [5, 5.41) is 19.3. The molecule has 0 spiro atoms. The van der Waals surface area contributed by atoms with Gasteiger partial charge in [-0.3, -0.25) is 4.79 Å². The van der Waals surface area contributed by atoms with Crippen molar-refractivity contribution in [3.8, 4) is 17.2 Å². The molecule has 0 unspecified atom stereocenters. The third-order valence-corrected chi connectivity index (χ3v) is 5.77. The van der Waals surface area contributed by atoms with Crippen molar-refractivity contribution in [2.75, 3.05) is 0 Å². The van der Waals surface area contributed by atoms with Crippen molar-refractivity contribution in [3.63, 3.8) is 0 Å².